The van der Waals surface area contributed by atoms with Crippen LogP contribution in [0.3, 0.4) is 0 Å². The summed E-state index contributed by atoms with van der Waals surface area (Å²) in [6, 6.07) is 15.8. The lowest BCUT2D eigenvalue weighted by atomic mass is 9.93. The smallest absolute Gasteiger partial charge is 0.290 e. The van der Waals surface area contributed by atoms with Gasteiger partial charge in [-0.25, -0.2) is 0 Å². The second-order valence-electron chi connectivity index (χ2n) is 5.34. The molecule has 1 aliphatic rings. The molecule has 1 aliphatic heterocycles. The third-order valence-electron chi connectivity index (χ3n) is 4.07. The van der Waals surface area contributed by atoms with Crippen molar-refractivity contribution in [1.82, 2.24) is 4.90 Å². The van der Waals surface area contributed by atoms with Crippen LogP contribution >= 0.6 is 11.3 Å². The van der Waals surface area contributed by atoms with Gasteiger partial charge >= 0.3 is 0 Å². The molecule has 0 radical (unpaired) electrons. The molecule has 0 N–H and O–H groups in total. The highest BCUT2D eigenvalue weighted by atomic mass is 32.1. The summed E-state index contributed by atoms with van der Waals surface area (Å²) in [5.41, 5.74) is 2.38. The van der Waals surface area contributed by atoms with Crippen LogP contribution in [0.15, 0.2) is 64.6 Å². The van der Waals surface area contributed by atoms with Crippen molar-refractivity contribution in [1.29, 1.82) is 0 Å². The Kier molecular flexibility index (Phi) is 3.31. The van der Waals surface area contributed by atoms with Crippen molar-refractivity contribution in [3.63, 3.8) is 0 Å². The van der Waals surface area contributed by atoms with Gasteiger partial charge in [-0.15, -0.1) is 11.3 Å². The Bertz CT molecular complexity index is 777. The van der Waals surface area contributed by atoms with Gasteiger partial charge in [-0.1, -0.05) is 30.3 Å². The van der Waals surface area contributed by atoms with E-state index in [0.717, 1.165) is 12.0 Å². The SMILES string of the molecule is O=C(c1ccco1)N1CCc2sccc2[C@@H]1c1ccccc1. The second-order valence-corrected chi connectivity index (χ2v) is 6.34. The molecule has 0 saturated carbocycles. The average Bonchev–Trinajstić information content (AvgIpc) is 3.25. The molecular weight excluding hydrogens is 294 g/mol. The third-order valence-corrected chi connectivity index (χ3v) is 5.07. The number of carbonyl (C=O) groups excluding carboxylic acids is 1. The number of fused-ring (bicyclic) bond motifs is 1. The highest BCUT2D eigenvalue weighted by Crippen LogP contribution is 2.38. The Morgan fingerprint density at radius 2 is 2.00 bits per heavy atom. The van der Waals surface area contributed by atoms with Crippen LogP contribution < -0.4 is 0 Å². The zero-order chi connectivity index (χ0) is 14.9. The minimum atomic E-state index is -0.0456. The van der Waals surface area contributed by atoms with Crippen molar-refractivity contribution in [2.75, 3.05) is 6.54 Å². The Morgan fingerprint density at radius 3 is 2.77 bits per heavy atom. The summed E-state index contributed by atoms with van der Waals surface area (Å²) in [4.78, 5) is 16.1. The summed E-state index contributed by atoms with van der Waals surface area (Å²) < 4.78 is 5.31. The van der Waals surface area contributed by atoms with Gasteiger partial charge in [0.2, 0.25) is 0 Å². The van der Waals surface area contributed by atoms with Crippen LogP contribution in [0.25, 0.3) is 0 Å². The zero-order valence-electron chi connectivity index (χ0n) is 11.9. The number of thiophene rings is 1. The topological polar surface area (TPSA) is 33.5 Å². The van der Waals surface area contributed by atoms with Crippen molar-refractivity contribution in [2.45, 2.75) is 12.5 Å². The van der Waals surface area contributed by atoms with E-state index in [1.807, 2.05) is 23.1 Å². The van der Waals surface area contributed by atoms with Crippen molar-refractivity contribution < 1.29 is 9.21 Å². The highest BCUT2D eigenvalue weighted by molar-refractivity contribution is 7.10. The molecule has 3 aromatic rings. The molecule has 3 nitrogen and oxygen atoms in total. The first-order chi connectivity index (χ1) is 10.8. The van der Waals surface area contributed by atoms with Crippen molar-refractivity contribution >= 4 is 17.2 Å². The molecule has 4 rings (SSSR count). The largest absolute Gasteiger partial charge is 0.459 e. The van der Waals surface area contributed by atoms with Gasteiger partial charge in [0.25, 0.3) is 5.91 Å². The molecule has 0 spiro atoms. The van der Waals surface area contributed by atoms with Gasteiger partial charge < -0.3 is 9.32 Å². The van der Waals surface area contributed by atoms with Crippen LogP contribution in [0.4, 0.5) is 0 Å². The summed E-state index contributed by atoms with van der Waals surface area (Å²) in [6.45, 7) is 0.715. The van der Waals surface area contributed by atoms with E-state index in [1.165, 1.54) is 10.4 Å². The first-order valence-corrected chi connectivity index (χ1v) is 8.18. The molecule has 4 heteroatoms. The Labute approximate surface area is 132 Å². The average molecular weight is 309 g/mol. The van der Waals surface area contributed by atoms with Crippen molar-refractivity contribution in [2.24, 2.45) is 0 Å². The Balaban J connectivity index is 1.79. The van der Waals surface area contributed by atoms with Crippen molar-refractivity contribution in [3.8, 4) is 0 Å². The van der Waals surface area contributed by atoms with E-state index >= 15 is 0 Å². The van der Waals surface area contributed by atoms with E-state index in [1.54, 1.807) is 29.7 Å². The van der Waals surface area contributed by atoms with Crippen LogP contribution in [-0.4, -0.2) is 17.4 Å². The lowest BCUT2D eigenvalue weighted by molar-refractivity contribution is 0.0663. The first-order valence-electron chi connectivity index (χ1n) is 7.30. The maximum Gasteiger partial charge on any atom is 0.290 e. The molecule has 110 valence electrons. The zero-order valence-corrected chi connectivity index (χ0v) is 12.8. The Morgan fingerprint density at radius 1 is 1.14 bits per heavy atom. The lowest BCUT2D eigenvalue weighted by Crippen LogP contribution is -2.39. The second kappa shape index (κ2) is 5.46. The minimum absolute atomic E-state index is 0.0335. The van der Waals surface area contributed by atoms with E-state index in [0.29, 0.717) is 12.3 Å². The van der Waals surface area contributed by atoms with Crippen molar-refractivity contribution in [3.05, 3.63) is 81.9 Å². The van der Waals surface area contributed by atoms with Gasteiger partial charge in [-0.2, -0.15) is 0 Å². The highest BCUT2D eigenvalue weighted by Gasteiger charge is 2.34. The normalized spacial score (nSPS) is 17.3. The predicted octanol–water partition coefficient (Wildman–Crippen LogP) is 4.13. The number of carbonyl (C=O) groups is 1. The monoisotopic (exact) mass is 309 g/mol. The molecule has 0 saturated heterocycles. The number of rotatable bonds is 2. The van der Waals surface area contributed by atoms with E-state index in [9.17, 15) is 4.79 Å². The van der Waals surface area contributed by atoms with Crippen LogP contribution in [0.5, 0.6) is 0 Å². The Hall–Kier alpha value is -2.33. The van der Waals surface area contributed by atoms with Gasteiger partial charge in [0.15, 0.2) is 5.76 Å². The van der Waals surface area contributed by atoms with E-state index in [-0.39, 0.29) is 11.9 Å². The van der Waals surface area contributed by atoms with Crippen LogP contribution in [0.2, 0.25) is 0 Å². The molecular formula is C18H15NO2S. The lowest BCUT2D eigenvalue weighted by Gasteiger charge is -2.35. The van der Waals surface area contributed by atoms with Crippen LogP contribution in [0, 0.1) is 0 Å². The van der Waals surface area contributed by atoms with Gasteiger partial charge in [0.1, 0.15) is 0 Å². The molecule has 0 fully saturated rings. The number of nitrogens with zero attached hydrogens (tertiary/aromatic N) is 1. The summed E-state index contributed by atoms with van der Waals surface area (Å²) in [7, 11) is 0. The summed E-state index contributed by atoms with van der Waals surface area (Å²) in [6.07, 6.45) is 2.45. The number of hydrogen-bond acceptors (Lipinski definition) is 3. The molecule has 0 bridgehead atoms. The number of benzene rings is 1. The predicted molar refractivity (Wildman–Crippen MR) is 86.1 cm³/mol. The maximum atomic E-state index is 12.8. The molecule has 3 heterocycles. The molecule has 1 aromatic carbocycles. The molecule has 1 amide bonds. The van der Waals surface area contributed by atoms with Crippen LogP contribution in [0.1, 0.15) is 32.6 Å². The number of amides is 1. The van der Waals surface area contributed by atoms with E-state index < -0.39 is 0 Å². The molecule has 0 unspecified atom stereocenters. The molecule has 0 aliphatic carbocycles. The fourth-order valence-electron chi connectivity index (χ4n) is 3.07. The standard InChI is InChI=1S/C18H15NO2S/c20-18(15-7-4-11-21-15)19-10-8-16-14(9-12-22-16)17(19)13-5-2-1-3-6-13/h1-7,9,11-12,17H,8,10H2/t17-/m0/s1. The van der Waals surface area contributed by atoms with Crippen LogP contribution in [-0.2, 0) is 6.42 Å². The third kappa shape index (κ3) is 2.16. The van der Waals surface area contributed by atoms with Gasteiger partial charge in [0.05, 0.1) is 12.3 Å². The van der Waals surface area contributed by atoms with Gasteiger partial charge in [-0.3, -0.25) is 4.79 Å². The first kappa shape index (κ1) is 13.3. The number of hydrogen-bond donors (Lipinski definition) is 0. The van der Waals surface area contributed by atoms with E-state index in [2.05, 4.69) is 23.6 Å². The summed E-state index contributed by atoms with van der Waals surface area (Å²) >= 11 is 1.77. The van der Waals surface area contributed by atoms with Gasteiger partial charge in [0, 0.05) is 11.4 Å². The molecule has 2 aromatic heterocycles. The number of furan rings is 1. The fourth-order valence-corrected chi connectivity index (χ4v) is 3.98. The molecule has 22 heavy (non-hydrogen) atoms. The van der Waals surface area contributed by atoms with E-state index in [4.69, 9.17) is 4.42 Å². The minimum Gasteiger partial charge on any atom is -0.459 e. The maximum absolute atomic E-state index is 12.8. The fraction of sp³-hybridized carbons (Fsp3) is 0.167. The van der Waals surface area contributed by atoms with Gasteiger partial charge in [-0.05, 0) is 41.1 Å². The summed E-state index contributed by atoms with van der Waals surface area (Å²) in [5.74, 6) is 0.357. The summed E-state index contributed by atoms with van der Waals surface area (Å²) in [5, 5.41) is 2.11. The quantitative estimate of drug-likeness (QED) is 0.713. The molecule has 1 atom stereocenters.